The number of nitrogens with one attached hydrogen (secondary N) is 1. The number of carbonyl (C=O) groups is 1. The van der Waals surface area contributed by atoms with Gasteiger partial charge in [0.15, 0.2) is 0 Å². The normalized spacial score (nSPS) is 15.7. The monoisotopic (exact) mass is 344 g/mol. The van der Waals surface area contributed by atoms with Crippen molar-refractivity contribution >= 4 is 27.4 Å². The highest BCUT2D eigenvalue weighted by atomic mass is 32.1. The van der Waals surface area contributed by atoms with E-state index in [1.165, 1.54) is 11.3 Å². The Morgan fingerprint density at radius 3 is 2.71 bits per heavy atom. The lowest BCUT2D eigenvalue weighted by Gasteiger charge is -2.22. The second kappa shape index (κ2) is 6.21. The van der Waals surface area contributed by atoms with E-state index in [4.69, 9.17) is 9.84 Å². The largest absolute Gasteiger partial charge is 0.478 e. The molecule has 1 aliphatic heterocycles. The van der Waals surface area contributed by atoms with Crippen molar-refractivity contribution in [3.05, 3.63) is 36.0 Å². The number of ether oxygens (including phenoxy) is 1. The molecule has 7 nitrogen and oxygen atoms in total. The van der Waals surface area contributed by atoms with Crippen molar-refractivity contribution in [3.8, 4) is 11.3 Å². The molecule has 1 fully saturated rings. The lowest BCUT2D eigenvalue weighted by molar-refractivity contribution is 0.0697. The molecule has 3 aromatic rings. The first-order valence-corrected chi connectivity index (χ1v) is 8.55. The molecule has 1 aromatic carbocycles. The molecule has 4 rings (SSSR count). The summed E-state index contributed by atoms with van der Waals surface area (Å²) in [5.41, 5.74) is 1.92. The molecule has 0 aliphatic carbocycles. The van der Waals surface area contributed by atoms with Crippen LogP contribution in [0.15, 0.2) is 30.5 Å². The van der Waals surface area contributed by atoms with Crippen LogP contribution in [0.2, 0.25) is 0 Å². The molecule has 2 N–H and O–H groups in total. The van der Waals surface area contributed by atoms with Crippen molar-refractivity contribution in [2.45, 2.75) is 18.9 Å². The minimum atomic E-state index is -0.933. The lowest BCUT2D eigenvalue weighted by Crippen LogP contribution is -2.27. The lowest BCUT2D eigenvalue weighted by atomic mass is 10.1. The maximum absolute atomic E-state index is 10.9. The summed E-state index contributed by atoms with van der Waals surface area (Å²) in [6.07, 6.45) is 3.84. The van der Waals surface area contributed by atoms with Crippen LogP contribution in [0.1, 0.15) is 23.2 Å². The molecule has 0 unspecified atom stereocenters. The number of hydrogen-bond donors (Lipinski definition) is 2. The topological polar surface area (TPSA) is 88.8 Å². The summed E-state index contributed by atoms with van der Waals surface area (Å²) in [6, 6.07) is 7.08. The van der Waals surface area contributed by atoms with Crippen molar-refractivity contribution in [1.82, 2.24) is 14.6 Å². The van der Waals surface area contributed by atoms with Crippen LogP contribution in [0.25, 0.3) is 16.2 Å². The number of carboxylic acids is 1. The van der Waals surface area contributed by atoms with E-state index < -0.39 is 5.97 Å². The fourth-order valence-electron chi connectivity index (χ4n) is 2.70. The van der Waals surface area contributed by atoms with Crippen molar-refractivity contribution in [3.63, 3.8) is 0 Å². The zero-order chi connectivity index (χ0) is 16.5. The Balaban J connectivity index is 1.53. The molecule has 0 amide bonds. The number of aromatic nitrogens is 3. The quantitative estimate of drug-likeness (QED) is 0.756. The standard InChI is InChI=1S/C16H16N4O3S/c21-14(22)11-3-1-10(2-4-11)13-9-20-16(18-13)24-15(19-20)17-12-5-7-23-8-6-12/h1-4,9,12H,5-8H2,(H,17,19)(H,21,22). The van der Waals surface area contributed by atoms with Crippen LogP contribution in [0.5, 0.6) is 0 Å². The minimum Gasteiger partial charge on any atom is -0.478 e. The fraction of sp³-hybridized carbons (Fsp3) is 0.312. The third-order valence-electron chi connectivity index (χ3n) is 4.02. The van der Waals surface area contributed by atoms with Gasteiger partial charge in [-0.2, -0.15) is 0 Å². The number of rotatable bonds is 4. The number of imidazole rings is 1. The Labute approximate surface area is 141 Å². The minimum absolute atomic E-state index is 0.265. The van der Waals surface area contributed by atoms with E-state index in [1.807, 2.05) is 6.20 Å². The smallest absolute Gasteiger partial charge is 0.335 e. The second-order valence-corrected chi connectivity index (χ2v) is 6.63. The number of aromatic carboxylic acids is 1. The van der Waals surface area contributed by atoms with E-state index in [2.05, 4.69) is 15.4 Å². The third-order valence-corrected chi connectivity index (χ3v) is 4.87. The predicted molar refractivity (Wildman–Crippen MR) is 90.7 cm³/mol. The molecule has 3 heterocycles. The van der Waals surface area contributed by atoms with Crippen molar-refractivity contribution in [2.75, 3.05) is 18.5 Å². The molecule has 2 aromatic heterocycles. The maximum Gasteiger partial charge on any atom is 0.335 e. The number of anilines is 1. The Hall–Kier alpha value is -2.45. The van der Waals surface area contributed by atoms with E-state index in [9.17, 15) is 4.79 Å². The second-order valence-electron chi connectivity index (χ2n) is 5.67. The molecular weight excluding hydrogens is 328 g/mol. The number of nitrogens with zero attached hydrogens (tertiary/aromatic N) is 3. The fourth-order valence-corrected chi connectivity index (χ4v) is 3.56. The van der Waals surface area contributed by atoms with E-state index >= 15 is 0 Å². The van der Waals surface area contributed by atoms with Crippen molar-refractivity contribution in [2.24, 2.45) is 0 Å². The first kappa shape index (κ1) is 15.1. The zero-order valence-corrected chi connectivity index (χ0v) is 13.6. The summed E-state index contributed by atoms with van der Waals surface area (Å²) in [5, 5.41) is 17.8. The summed E-state index contributed by atoms with van der Waals surface area (Å²) in [6.45, 7) is 1.58. The van der Waals surface area contributed by atoms with Crippen LogP contribution in [-0.2, 0) is 4.74 Å². The van der Waals surface area contributed by atoms with Gasteiger partial charge in [0, 0.05) is 24.8 Å². The Bertz CT molecular complexity index is 834. The highest BCUT2D eigenvalue weighted by molar-refractivity contribution is 7.20. The van der Waals surface area contributed by atoms with Crippen LogP contribution < -0.4 is 5.32 Å². The van der Waals surface area contributed by atoms with Crippen LogP contribution in [0.4, 0.5) is 5.13 Å². The average molecular weight is 344 g/mol. The van der Waals surface area contributed by atoms with Gasteiger partial charge < -0.3 is 15.2 Å². The van der Waals surface area contributed by atoms with Gasteiger partial charge in [-0.25, -0.2) is 14.3 Å². The Kier molecular flexibility index (Phi) is 3.91. The van der Waals surface area contributed by atoms with E-state index in [1.54, 1.807) is 28.8 Å². The van der Waals surface area contributed by atoms with E-state index in [0.29, 0.717) is 6.04 Å². The van der Waals surface area contributed by atoms with Crippen LogP contribution in [0, 0.1) is 0 Å². The number of carboxylic acid groups (broad SMARTS) is 1. The number of fused-ring (bicyclic) bond motifs is 1. The molecule has 8 heteroatoms. The van der Waals surface area contributed by atoms with Crippen LogP contribution in [-0.4, -0.2) is 44.9 Å². The Morgan fingerprint density at radius 2 is 2.04 bits per heavy atom. The SMILES string of the molecule is O=C(O)c1ccc(-c2cn3nc(NC4CCOCC4)sc3n2)cc1. The van der Waals surface area contributed by atoms with Gasteiger partial charge in [0.05, 0.1) is 17.5 Å². The van der Waals surface area contributed by atoms with E-state index in [0.717, 1.165) is 47.4 Å². The summed E-state index contributed by atoms with van der Waals surface area (Å²) >= 11 is 1.51. The summed E-state index contributed by atoms with van der Waals surface area (Å²) in [4.78, 5) is 16.3. The molecule has 0 atom stereocenters. The zero-order valence-electron chi connectivity index (χ0n) is 12.8. The average Bonchev–Trinajstić information content (AvgIpc) is 3.14. The van der Waals surface area contributed by atoms with Crippen molar-refractivity contribution < 1.29 is 14.6 Å². The summed E-state index contributed by atoms with van der Waals surface area (Å²) < 4.78 is 7.11. The molecule has 1 aliphatic rings. The van der Waals surface area contributed by atoms with Crippen LogP contribution in [0.3, 0.4) is 0 Å². The van der Waals surface area contributed by atoms with Gasteiger partial charge in [-0.1, -0.05) is 23.5 Å². The van der Waals surface area contributed by atoms with Gasteiger partial charge in [-0.15, -0.1) is 5.10 Å². The first-order chi connectivity index (χ1) is 11.7. The van der Waals surface area contributed by atoms with Gasteiger partial charge in [0.2, 0.25) is 10.1 Å². The molecule has 124 valence electrons. The van der Waals surface area contributed by atoms with Gasteiger partial charge in [-0.3, -0.25) is 0 Å². The van der Waals surface area contributed by atoms with Gasteiger partial charge in [0.25, 0.3) is 0 Å². The molecule has 0 saturated carbocycles. The summed E-state index contributed by atoms with van der Waals surface area (Å²) in [5.74, 6) is -0.933. The highest BCUT2D eigenvalue weighted by Crippen LogP contribution is 2.26. The predicted octanol–water partition coefficient (Wildman–Crippen LogP) is 2.75. The maximum atomic E-state index is 10.9. The highest BCUT2D eigenvalue weighted by Gasteiger charge is 2.16. The molecule has 0 radical (unpaired) electrons. The molecule has 0 spiro atoms. The number of benzene rings is 1. The number of hydrogen-bond acceptors (Lipinski definition) is 6. The van der Waals surface area contributed by atoms with Crippen LogP contribution >= 0.6 is 11.3 Å². The summed E-state index contributed by atoms with van der Waals surface area (Å²) in [7, 11) is 0. The van der Waals surface area contributed by atoms with E-state index in [-0.39, 0.29) is 5.56 Å². The van der Waals surface area contributed by atoms with Gasteiger partial charge in [0.1, 0.15) is 0 Å². The van der Waals surface area contributed by atoms with Crippen molar-refractivity contribution in [1.29, 1.82) is 0 Å². The molecule has 0 bridgehead atoms. The Morgan fingerprint density at radius 1 is 1.29 bits per heavy atom. The van der Waals surface area contributed by atoms with Gasteiger partial charge >= 0.3 is 5.97 Å². The molecule has 1 saturated heterocycles. The molecule has 24 heavy (non-hydrogen) atoms. The first-order valence-electron chi connectivity index (χ1n) is 7.73. The molecular formula is C16H16N4O3S. The third kappa shape index (κ3) is 2.98. The van der Waals surface area contributed by atoms with Gasteiger partial charge in [-0.05, 0) is 25.0 Å².